The standard InChI is InChI=1S/C27H29N3O4/c1-17-14-22(18(2)29(17)15-20-10-7-13-34-20)24(31)16-30-25(32)27(3,28-26(30)33)23-12-6-9-19-8-4-5-11-21(19)23/h4-6,8-9,11-12,14,20H,7,10,13,15-16H2,1-3H3,(H,28,33)/t20-,27+/m1/s1. The predicted octanol–water partition coefficient (Wildman–Crippen LogP) is 4.09. The number of nitrogens with zero attached hydrogens (tertiary/aromatic N) is 2. The molecule has 5 rings (SSSR count). The Morgan fingerprint density at radius 1 is 1.15 bits per heavy atom. The van der Waals surface area contributed by atoms with Crippen LogP contribution >= 0.6 is 0 Å². The first kappa shape index (κ1) is 22.3. The van der Waals surface area contributed by atoms with Crippen molar-refractivity contribution in [3.05, 3.63) is 71.0 Å². The van der Waals surface area contributed by atoms with Gasteiger partial charge in [0, 0.05) is 30.1 Å². The van der Waals surface area contributed by atoms with Crippen LogP contribution in [0.1, 0.15) is 47.1 Å². The molecule has 0 radical (unpaired) electrons. The highest BCUT2D eigenvalue weighted by Crippen LogP contribution is 2.34. The summed E-state index contributed by atoms with van der Waals surface area (Å²) in [5.41, 5.74) is 1.81. The zero-order valence-electron chi connectivity index (χ0n) is 19.8. The number of hydrogen-bond acceptors (Lipinski definition) is 4. The third-order valence-electron chi connectivity index (χ3n) is 7.19. The highest BCUT2D eigenvalue weighted by molar-refractivity contribution is 6.12. The third kappa shape index (κ3) is 3.60. The third-order valence-corrected chi connectivity index (χ3v) is 7.19. The average Bonchev–Trinajstić information content (AvgIpc) is 3.50. The molecule has 0 spiro atoms. The molecule has 0 aliphatic carbocycles. The molecule has 2 atom stereocenters. The maximum Gasteiger partial charge on any atom is 0.325 e. The Bertz CT molecular complexity index is 1300. The van der Waals surface area contributed by atoms with Crippen LogP contribution in [0.3, 0.4) is 0 Å². The lowest BCUT2D eigenvalue weighted by molar-refractivity contribution is -0.130. The molecule has 3 aromatic rings. The van der Waals surface area contributed by atoms with Gasteiger partial charge in [0.1, 0.15) is 5.54 Å². The first-order valence-electron chi connectivity index (χ1n) is 11.7. The topological polar surface area (TPSA) is 80.6 Å². The molecule has 7 heteroatoms. The smallest absolute Gasteiger partial charge is 0.325 e. The van der Waals surface area contributed by atoms with Gasteiger partial charge in [-0.15, -0.1) is 0 Å². The van der Waals surface area contributed by atoms with Crippen LogP contribution in [0.4, 0.5) is 4.79 Å². The van der Waals surface area contributed by atoms with E-state index in [1.165, 1.54) is 0 Å². The summed E-state index contributed by atoms with van der Waals surface area (Å²) in [7, 11) is 0. The minimum Gasteiger partial charge on any atom is -0.376 e. The molecule has 3 amide bonds. The van der Waals surface area contributed by atoms with E-state index in [1.54, 1.807) is 6.92 Å². The SMILES string of the molecule is Cc1cc(C(=O)CN2C(=O)N[C@@](C)(c3cccc4ccccc34)C2=O)c(C)n1C[C@H]1CCCO1. The normalized spacial score (nSPS) is 22.6. The van der Waals surface area contributed by atoms with Crippen LogP contribution in [0.5, 0.6) is 0 Å². The number of rotatable bonds is 6. The maximum absolute atomic E-state index is 13.5. The van der Waals surface area contributed by atoms with Crippen molar-refractivity contribution in [1.82, 2.24) is 14.8 Å². The van der Waals surface area contributed by atoms with E-state index in [-0.39, 0.29) is 18.4 Å². The molecule has 176 valence electrons. The van der Waals surface area contributed by atoms with Crippen LogP contribution in [0.25, 0.3) is 10.8 Å². The zero-order chi connectivity index (χ0) is 24.0. The Balaban J connectivity index is 1.40. The van der Waals surface area contributed by atoms with Crippen LogP contribution in [-0.2, 0) is 21.6 Å². The average molecular weight is 460 g/mol. The number of carbonyl (C=O) groups excluding carboxylic acids is 3. The van der Waals surface area contributed by atoms with Gasteiger partial charge in [0.15, 0.2) is 5.78 Å². The van der Waals surface area contributed by atoms with Crippen LogP contribution in [-0.4, -0.2) is 46.4 Å². The summed E-state index contributed by atoms with van der Waals surface area (Å²) >= 11 is 0. The van der Waals surface area contributed by atoms with Crippen molar-refractivity contribution in [2.24, 2.45) is 0 Å². The number of hydrogen-bond donors (Lipinski definition) is 1. The van der Waals surface area contributed by atoms with Crippen molar-refractivity contribution in [3.63, 3.8) is 0 Å². The minimum atomic E-state index is -1.24. The predicted molar refractivity (Wildman–Crippen MR) is 129 cm³/mol. The summed E-state index contributed by atoms with van der Waals surface area (Å²) in [6, 6.07) is 14.7. The fourth-order valence-electron chi connectivity index (χ4n) is 5.27. The number of ketones is 1. The molecular weight excluding hydrogens is 430 g/mol. The number of carbonyl (C=O) groups is 3. The van der Waals surface area contributed by atoms with Crippen LogP contribution < -0.4 is 5.32 Å². The van der Waals surface area contributed by atoms with Gasteiger partial charge in [0.05, 0.1) is 12.6 Å². The zero-order valence-corrected chi connectivity index (χ0v) is 19.8. The number of ether oxygens (including phenoxy) is 1. The molecular formula is C27H29N3O4. The van der Waals surface area contributed by atoms with Crippen molar-refractivity contribution >= 4 is 28.5 Å². The Hall–Kier alpha value is -3.45. The summed E-state index contributed by atoms with van der Waals surface area (Å²) in [6.07, 6.45) is 2.22. The summed E-state index contributed by atoms with van der Waals surface area (Å²) in [5.74, 6) is -0.673. The lowest BCUT2D eigenvalue weighted by Gasteiger charge is -2.24. The van der Waals surface area contributed by atoms with Crippen molar-refractivity contribution in [3.8, 4) is 0 Å². The number of benzene rings is 2. The molecule has 0 saturated carbocycles. The van der Waals surface area contributed by atoms with E-state index >= 15 is 0 Å². The lowest BCUT2D eigenvalue weighted by atomic mass is 9.88. The number of fused-ring (bicyclic) bond motifs is 1. The molecule has 1 N–H and O–H groups in total. The molecule has 0 unspecified atom stereocenters. The molecule has 2 aliphatic rings. The molecule has 2 aromatic carbocycles. The van der Waals surface area contributed by atoms with Gasteiger partial charge in [-0.05, 0) is 56.0 Å². The van der Waals surface area contributed by atoms with Gasteiger partial charge >= 0.3 is 6.03 Å². The van der Waals surface area contributed by atoms with Gasteiger partial charge in [-0.3, -0.25) is 14.5 Å². The van der Waals surface area contributed by atoms with E-state index in [0.717, 1.165) is 46.5 Å². The van der Waals surface area contributed by atoms with E-state index in [0.29, 0.717) is 17.7 Å². The van der Waals surface area contributed by atoms with Gasteiger partial charge in [-0.25, -0.2) is 4.79 Å². The molecule has 2 aliphatic heterocycles. The van der Waals surface area contributed by atoms with E-state index in [2.05, 4.69) is 9.88 Å². The number of urea groups is 1. The van der Waals surface area contributed by atoms with Gasteiger partial charge in [-0.2, -0.15) is 0 Å². The van der Waals surface area contributed by atoms with Gasteiger partial charge in [0.2, 0.25) is 0 Å². The lowest BCUT2D eigenvalue weighted by Crippen LogP contribution is -2.41. The quantitative estimate of drug-likeness (QED) is 0.445. The van der Waals surface area contributed by atoms with Crippen LogP contribution in [0.15, 0.2) is 48.5 Å². The molecule has 7 nitrogen and oxygen atoms in total. The number of imide groups is 1. The van der Waals surface area contributed by atoms with E-state index < -0.39 is 17.5 Å². The fourth-order valence-corrected chi connectivity index (χ4v) is 5.27. The summed E-state index contributed by atoms with van der Waals surface area (Å²) in [5, 5.41) is 4.72. The van der Waals surface area contributed by atoms with E-state index in [9.17, 15) is 14.4 Å². The van der Waals surface area contributed by atoms with Crippen molar-refractivity contribution in [1.29, 1.82) is 0 Å². The summed E-state index contributed by atoms with van der Waals surface area (Å²) in [4.78, 5) is 40.7. The number of nitrogens with one attached hydrogen (secondary N) is 1. The van der Waals surface area contributed by atoms with Gasteiger partial charge < -0.3 is 14.6 Å². The van der Waals surface area contributed by atoms with Crippen molar-refractivity contribution < 1.29 is 19.1 Å². The van der Waals surface area contributed by atoms with Crippen molar-refractivity contribution in [2.45, 2.75) is 51.8 Å². The Kier molecular flexibility index (Phi) is 5.52. The first-order valence-corrected chi connectivity index (χ1v) is 11.7. The second-order valence-corrected chi connectivity index (χ2v) is 9.43. The Labute approximate surface area is 198 Å². The number of aryl methyl sites for hydroxylation is 1. The van der Waals surface area contributed by atoms with Crippen LogP contribution in [0.2, 0.25) is 0 Å². The largest absolute Gasteiger partial charge is 0.376 e. The first-order chi connectivity index (χ1) is 16.3. The highest BCUT2D eigenvalue weighted by atomic mass is 16.5. The number of amides is 3. The monoisotopic (exact) mass is 459 g/mol. The Morgan fingerprint density at radius 2 is 1.91 bits per heavy atom. The molecule has 34 heavy (non-hydrogen) atoms. The molecule has 3 heterocycles. The summed E-state index contributed by atoms with van der Waals surface area (Å²) in [6.45, 7) is 6.75. The minimum absolute atomic E-state index is 0.153. The molecule has 0 bridgehead atoms. The second-order valence-electron chi connectivity index (χ2n) is 9.43. The van der Waals surface area contributed by atoms with Crippen molar-refractivity contribution in [2.75, 3.05) is 13.2 Å². The molecule has 2 fully saturated rings. The van der Waals surface area contributed by atoms with Gasteiger partial charge in [-0.1, -0.05) is 42.5 Å². The van der Waals surface area contributed by atoms with Gasteiger partial charge in [0.25, 0.3) is 5.91 Å². The van der Waals surface area contributed by atoms with Crippen LogP contribution in [0, 0.1) is 13.8 Å². The summed E-state index contributed by atoms with van der Waals surface area (Å²) < 4.78 is 7.85. The highest BCUT2D eigenvalue weighted by Gasteiger charge is 2.50. The number of aromatic nitrogens is 1. The maximum atomic E-state index is 13.5. The molecule has 2 saturated heterocycles. The second kappa shape index (κ2) is 8.40. The molecule has 1 aromatic heterocycles. The van der Waals surface area contributed by atoms with E-state index in [1.807, 2.05) is 62.4 Å². The Morgan fingerprint density at radius 3 is 2.68 bits per heavy atom. The number of Topliss-reactive ketones (excluding diaryl/α,β-unsaturated/α-hetero) is 1. The van der Waals surface area contributed by atoms with E-state index in [4.69, 9.17) is 4.74 Å². The fraction of sp³-hybridized carbons (Fsp3) is 0.370.